The second kappa shape index (κ2) is 5.01. The molecule has 1 heterocycles. The van der Waals surface area contributed by atoms with Crippen molar-refractivity contribution in [1.29, 1.82) is 5.26 Å². The number of nitriles is 1. The Morgan fingerprint density at radius 2 is 2.25 bits per heavy atom. The molecular formula is C13H11FN4O2. The van der Waals surface area contributed by atoms with Gasteiger partial charge in [-0.1, -0.05) is 0 Å². The fraction of sp³-hybridized carbons (Fsp3) is 0.154. The molecule has 20 heavy (non-hydrogen) atoms. The number of nitrogens with two attached hydrogens (primary N) is 1. The van der Waals surface area contributed by atoms with E-state index in [1.54, 1.807) is 13.1 Å². The maximum Gasteiger partial charge on any atom is 0.284 e. The normalized spacial score (nSPS) is 10.1. The van der Waals surface area contributed by atoms with Crippen LogP contribution in [0.15, 0.2) is 18.3 Å². The van der Waals surface area contributed by atoms with Gasteiger partial charge in [-0.15, -0.1) is 0 Å². The van der Waals surface area contributed by atoms with Gasteiger partial charge in [0.05, 0.1) is 19.0 Å². The number of carbonyl (C=O) groups excluding carboxylic acids is 1. The zero-order valence-corrected chi connectivity index (χ0v) is 10.8. The van der Waals surface area contributed by atoms with Gasteiger partial charge < -0.3 is 15.0 Å². The van der Waals surface area contributed by atoms with Crippen LogP contribution >= 0.6 is 0 Å². The fourth-order valence-corrected chi connectivity index (χ4v) is 1.93. The Morgan fingerprint density at radius 1 is 1.55 bits per heavy atom. The number of hydrogen-bond donors (Lipinski definition) is 1. The van der Waals surface area contributed by atoms with Crippen molar-refractivity contribution in [3.63, 3.8) is 0 Å². The Morgan fingerprint density at radius 3 is 2.75 bits per heavy atom. The van der Waals surface area contributed by atoms with Crippen molar-refractivity contribution in [2.75, 3.05) is 7.11 Å². The molecule has 0 bridgehead atoms. The molecule has 0 unspecified atom stereocenters. The number of amides is 1. The van der Waals surface area contributed by atoms with E-state index in [0.717, 1.165) is 0 Å². The van der Waals surface area contributed by atoms with Gasteiger partial charge in [0, 0.05) is 12.6 Å². The van der Waals surface area contributed by atoms with E-state index in [1.807, 2.05) is 0 Å². The van der Waals surface area contributed by atoms with Crippen molar-refractivity contribution in [2.45, 2.75) is 0 Å². The molecule has 1 aromatic heterocycles. The van der Waals surface area contributed by atoms with Crippen molar-refractivity contribution in [3.8, 4) is 23.1 Å². The summed E-state index contributed by atoms with van der Waals surface area (Å²) in [5, 5.41) is 9.12. The molecule has 1 aromatic carbocycles. The lowest BCUT2D eigenvalue weighted by molar-refractivity contribution is 0.0987. The van der Waals surface area contributed by atoms with Crippen molar-refractivity contribution in [1.82, 2.24) is 9.55 Å². The first kappa shape index (κ1) is 13.5. The monoisotopic (exact) mass is 274 g/mol. The summed E-state index contributed by atoms with van der Waals surface area (Å²) < 4.78 is 20.3. The highest BCUT2D eigenvalue weighted by Crippen LogP contribution is 2.30. The SMILES string of the molecule is COc1ccc(-c2cnc(C(N)=O)n2C)c(C#N)c1F. The van der Waals surface area contributed by atoms with Crippen LogP contribution in [0.4, 0.5) is 4.39 Å². The number of carbonyl (C=O) groups is 1. The fourth-order valence-electron chi connectivity index (χ4n) is 1.93. The molecule has 6 nitrogen and oxygen atoms in total. The van der Waals surface area contributed by atoms with E-state index in [0.29, 0.717) is 11.3 Å². The van der Waals surface area contributed by atoms with Crippen LogP contribution in [0.25, 0.3) is 11.3 Å². The molecule has 0 radical (unpaired) electrons. The molecular weight excluding hydrogens is 263 g/mol. The predicted octanol–water partition coefficient (Wildman–Crippen LogP) is 1.21. The Hall–Kier alpha value is -2.88. The first-order chi connectivity index (χ1) is 9.51. The van der Waals surface area contributed by atoms with E-state index >= 15 is 0 Å². The van der Waals surface area contributed by atoms with Crippen LogP contribution in [0, 0.1) is 17.1 Å². The number of rotatable bonds is 3. The molecule has 2 N–H and O–H groups in total. The Labute approximate surface area is 114 Å². The van der Waals surface area contributed by atoms with Crippen LogP contribution < -0.4 is 10.5 Å². The molecule has 0 atom stereocenters. The number of benzene rings is 1. The maximum atomic E-state index is 14.0. The first-order valence-corrected chi connectivity index (χ1v) is 5.59. The molecule has 2 aromatic rings. The van der Waals surface area contributed by atoms with Crippen LogP contribution in [-0.4, -0.2) is 22.6 Å². The third kappa shape index (κ3) is 1.97. The zero-order valence-electron chi connectivity index (χ0n) is 10.8. The Kier molecular flexibility index (Phi) is 3.39. The summed E-state index contributed by atoms with van der Waals surface area (Å²) in [6, 6.07) is 4.73. The lowest BCUT2D eigenvalue weighted by Gasteiger charge is -2.09. The van der Waals surface area contributed by atoms with E-state index in [1.165, 1.54) is 30.0 Å². The summed E-state index contributed by atoms with van der Waals surface area (Å²) in [6.45, 7) is 0. The van der Waals surface area contributed by atoms with Crippen LogP contribution in [0.1, 0.15) is 16.2 Å². The highest BCUT2D eigenvalue weighted by Gasteiger charge is 2.19. The van der Waals surface area contributed by atoms with E-state index < -0.39 is 11.7 Å². The molecule has 1 amide bonds. The lowest BCUT2D eigenvalue weighted by atomic mass is 10.0. The smallest absolute Gasteiger partial charge is 0.284 e. The number of halogens is 1. The average molecular weight is 274 g/mol. The summed E-state index contributed by atoms with van der Waals surface area (Å²) in [5.74, 6) is -1.46. The van der Waals surface area contributed by atoms with E-state index in [2.05, 4.69) is 4.98 Å². The zero-order chi connectivity index (χ0) is 14.9. The van der Waals surface area contributed by atoms with Crippen LogP contribution in [0.5, 0.6) is 5.75 Å². The average Bonchev–Trinajstić information content (AvgIpc) is 2.80. The van der Waals surface area contributed by atoms with E-state index in [4.69, 9.17) is 15.7 Å². The molecule has 0 saturated carbocycles. The van der Waals surface area contributed by atoms with Gasteiger partial charge >= 0.3 is 0 Å². The second-order valence-electron chi connectivity index (χ2n) is 4.01. The number of hydrogen-bond acceptors (Lipinski definition) is 4. The van der Waals surface area contributed by atoms with Gasteiger partial charge in [-0.2, -0.15) is 5.26 Å². The molecule has 102 valence electrons. The third-order valence-electron chi connectivity index (χ3n) is 2.92. The van der Waals surface area contributed by atoms with Crippen molar-refractivity contribution < 1.29 is 13.9 Å². The lowest BCUT2D eigenvalue weighted by Crippen LogP contribution is -2.17. The van der Waals surface area contributed by atoms with Gasteiger partial charge in [0.1, 0.15) is 11.6 Å². The largest absolute Gasteiger partial charge is 0.494 e. The first-order valence-electron chi connectivity index (χ1n) is 5.59. The van der Waals surface area contributed by atoms with Crippen LogP contribution in [0.3, 0.4) is 0 Å². The van der Waals surface area contributed by atoms with Gasteiger partial charge in [-0.3, -0.25) is 4.79 Å². The molecule has 0 fully saturated rings. The third-order valence-corrected chi connectivity index (χ3v) is 2.92. The van der Waals surface area contributed by atoms with Gasteiger partial charge in [0.15, 0.2) is 17.4 Å². The molecule has 0 saturated heterocycles. The second-order valence-corrected chi connectivity index (χ2v) is 4.01. The summed E-state index contributed by atoms with van der Waals surface area (Å²) >= 11 is 0. The van der Waals surface area contributed by atoms with Gasteiger partial charge in [0.25, 0.3) is 5.91 Å². The van der Waals surface area contributed by atoms with Crippen molar-refractivity contribution >= 4 is 5.91 Å². The highest BCUT2D eigenvalue weighted by molar-refractivity contribution is 5.90. The highest BCUT2D eigenvalue weighted by atomic mass is 19.1. The van der Waals surface area contributed by atoms with Crippen molar-refractivity contribution in [3.05, 3.63) is 35.5 Å². The van der Waals surface area contributed by atoms with Crippen molar-refractivity contribution in [2.24, 2.45) is 12.8 Å². The summed E-state index contributed by atoms with van der Waals surface area (Å²) in [5.41, 5.74) is 5.72. The molecule has 0 spiro atoms. The van der Waals surface area contributed by atoms with Crippen LogP contribution in [0.2, 0.25) is 0 Å². The predicted molar refractivity (Wildman–Crippen MR) is 68.4 cm³/mol. The summed E-state index contributed by atoms with van der Waals surface area (Å²) in [7, 11) is 2.88. The molecule has 2 rings (SSSR count). The molecule has 0 aliphatic carbocycles. The van der Waals surface area contributed by atoms with Gasteiger partial charge in [-0.25, -0.2) is 9.37 Å². The topological polar surface area (TPSA) is 93.9 Å². The molecule has 0 aliphatic rings. The molecule has 7 heteroatoms. The van der Waals surface area contributed by atoms with Crippen LogP contribution in [-0.2, 0) is 7.05 Å². The standard InChI is InChI=1S/C13H11FN4O2/c1-18-9(6-17-13(18)12(16)19)7-3-4-10(20-2)11(14)8(7)5-15/h3-4,6H,1-2H3,(H2,16,19). The molecule has 0 aliphatic heterocycles. The number of primary amides is 1. The number of aromatic nitrogens is 2. The quantitative estimate of drug-likeness (QED) is 0.910. The Bertz CT molecular complexity index is 731. The number of ether oxygens (including phenoxy) is 1. The number of imidazole rings is 1. The number of nitrogens with zero attached hydrogens (tertiary/aromatic N) is 3. The minimum absolute atomic E-state index is 0.0254. The van der Waals surface area contributed by atoms with E-state index in [9.17, 15) is 9.18 Å². The summed E-state index contributed by atoms with van der Waals surface area (Å²) in [4.78, 5) is 15.0. The minimum Gasteiger partial charge on any atom is -0.494 e. The van der Waals surface area contributed by atoms with Gasteiger partial charge in [-0.05, 0) is 12.1 Å². The van der Waals surface area contributed by atoms with Gasteiger partial charge in [0.2, 0.25) is 0 Å². The Balaban J connectivity index is 2.68. The summed E-state index contributed by atoms with van der Waals surface area (Å²) in [6.07, 6.45) is 1.36. The maximum absolute atomic E-state index is 14.0. The minimum atomic E-state index is -0.755. The van der Waals surface area contributed by atoms with E-state index in [-0.39, 0.29) is 17.1 Å². The number of methoxy groups -OCH3 is 1.